The first kappa shape index (κ1) is 17.5. The summed E-state index contributed by atoms with van der Waals surface area (Å²) in [7, 11) is -1.71. The van der Waals surface area contributed by atoms with Crippen molar-refractivity contribution in [3.05, 3.63) is 55.4 Å². The van der Waals surface area contributed by atoms with Crippen LogP contribution >= 0.6 is 0 Å². The Morgan fingerprint density at radius 1 is 0.880 bits per heavy atom. The van der Waals surface area contributed by atoms with Gasteiger partial charge in [-0.15, -0.1) is 0 Å². The minimum atomic E-state index is -1.71. The molecule has 0 atom stereocenters. The van der Waals surface area contributed by atoms with Crippen molar-refractivity contribution in [2.45, 2.75) is 44.6 Å². The Balaban J connectivity index is 1.64. The van der Waals surface area contributed by atoms with Gasteiger partial charge < -0.3 is 0 Å². The molecule has 3 aromatic rings. The highest BCUT2D eigenvalue weighted by molar-refractivity contribution is 6.90. The number of nitrogens with zero attached hydrogens (tertiary/aromatic N) is 6. The van der Waals surface area contributed by atoms with Gasteiger partial charge in [-0.05, 0) is 25.0 Å². The summed E-state index contributed by atoms with van der Waals surface area (Å²) in [5.74, 6) is -0.176. The molecule has 0 bridgehead atoms. The van der Waals surface area contributed by atoms with Crippen molar-refractivity contribution in [2.24, 2.45) is 0 Å². The van der Waals surface area contributed by atoms with Gasteiger partial charge in [0.1, 0.15) is 31.1 Å². The van der Waals surface area contributed by atoms with Crippen molar-refractivity contribution in [1.82, 2.24) is 29.5 Å². The largest absolute Gasteiger partial charge is 0.253 e. The fraction of sp³-hybridized carbons (Fsp3) is 0.412. The van der Waals surface area contributed by atoms with Gasteiger partial charge in [0.2, 0.25) is 0 Å². The maximum Gasteiger partial charge on any atom is 0.137 e. The number of hydrogen-bond acceptors (Lipinski definition) is 4. The summed E-state index contributed by atoms with van der Waals surface area (Å²) < 4.78 is 17.1. The van der Waals surface area contributed by atoms with E-state index in [0.29, 0.717) is 0 Å². The Hall–Kier alpha value is -2.35. The number of aryl methyl sites for hydroxylation is 2. The summed E-state index contributed by atoms with van der Waals surface area (Å²) in [6.07, 6.45) is 8.73. The topological polar surface area (TPSA) is 61.4 Å². The molecule has 25 heavy (non-hydrogen) atoms. The Bertz CT molecular complexity index is 702. The second kappa shape index (κ2) is 8.15. The zero-order chi connectivity index (χ0) is 17.5. The van der Waals surface area contributed by atoms with Crippen molar-refractivity contribution in [1.29, 1.82) is 0 Å². The molecule has 0 radical (unpaired) electrons. The molecule has 1 aromatic carbocycles. The lowest BCUT2D eigenvalue weighted by molar-refractivity contribution is 0.588. The second-order valence-electron chi connectivity index (χ2n) is 6.59. The molecular formula is C17H23FN6Si. The first-order valence-electron chi connectivity index (χ1n) is 8.57. The van der Waals surface area contributed by atoms with E-state index in [1.54, 1.807) is 37.4 Å². The highest BCUT2D eigenvalue weighted by Crippen LogP contribution is 2.21. The highest BCUT2D eigenvalue weighted by atomic mass is 28.3. The minimum Gasteiger partial charge on any atom is -0.253 e. The summed E-state index contributed by atoms with van der Waals surface area (Å²) in [6.45, 7) is 4.13. The molecule has 0 aliphatic rings. The van der Waals surface area contributed by atoms with Gasteiger partial charge in [0.25, 0.3) is 0 Å². The smallest absolute Gasteiger partial charge is 0.137 e. The summed E-state index contributed by atoms with van der Waals surface area (Å²) in [6, 6.07) is 9.36. The summed E-state index contributed by atoms with van der Waals surface area (Å²) in [4.78, 5) is 7.98. The first-order chi connectivity index (χ1) is 12.2. The molecule has 0 N–H and O–H groups in total. The fourth-order valence-corrected chi connectivity index (χ4v) is 6.90. The monoisotopic (exact) mass is 358 g/mol. The zero-order valence-electron chi connectivity index (χ0n) is 14.4. The molecular weight excluding hydrogens is 335 g/mol. The van der Waals surface area contributed by atoms with Crippen molar-refractivity contribution in [3.63, 3.8) is 0 Å². The molecule has 0 unspecified atom stereocenters. The van der Waals surface area contributed by atoms with Gasteiger partial charge in [0.05, 0.1) is 8.07 Å². The molecule has 0 saturated heterocycles. The Morgan fingerprint density at radius 3 is 1.84 bits per heavy atom. The van der Waals surface area contributed by atoms with E-state index >= 15 is 0 Å². The average Bonchev–Trinajstić information content (AvgIpc) is 3.29. The quantitative estimate of drug-likeness (QED) is 0.551. The molecule has 8 heteroatoms. The molecule has 0 amide bonds. The first-order valence-corrected chi connectivity index (χ1v) is 11.5. The van der Waals surface area contributed by atoms with Gasteiger partial charge in [-0.25, -0.2) is 14.4 Å². The van der Waals surface area contributed by atoms with Gasteiger partial charge in [0.15, 0.2) is 0 Å². The van der Waals surface area contributed by atoms with Gasteiger partial charge in [-0.3, -0.25) is 9.36 Å². The lowest BCUT2D eigenvalue weighted by Gasteiger charge is -2.28. The number of benzene rings is 1. The van der Waals surface area contributed by atoms with E-state index in [4.69, 9.17) is 0 Å². The molecule has 2 aromatic heterocycles. The van der Waals surface area contributed by atoms with Crippen LogP contribution in [-0.2, 0) is 13.1 Å². The third-order valence-corrected chi connectivity index (χ3v) is 9.35. The molecule has 132 valence electrons. The van der Waals surface area contributed by atoms with Crippen LogP contribution in [0.25, 0.3) is 0 Å². The van der Waals surface area contributed by atoms with Gasteiger partial charge in [-0.2, -0.15) is 10.2 Å². The molecule has 0 saturated carbocycles. The molecule has 2 heterocycles. The van der Waals surface area contributed by atoms with Gasteiger partial charge >= 0.3 is 0 Å². The Kier molecular flexibility index (Phi) is 5.70. The normalized spacial score (nSPS) is 11.8. The lowest BCUT2D eigenvalue weighted by atomic mass is 10.3. The van der Waals surface area contributed by atoms with Crippen molar-refractivity contribution in [2.75, 3.05) is 0 Å². The summed E-state index contributed by atoms with van der Waals surface area (Å²) in [5, 5.41) is 9.65. The SMILES string of the molecule is C[Si](CCCn1cncn1)(CCCn1cncn1)c1ccc(F)cc1. The predicted octanol–water partition coefficient (Wildman–Crippen LogP) is 2.47. The van der Waals surface area contributed by atoms with E-state index in [0.717, 1.165) is 38.0 Å². The van der Waals surface area contributed by atoms with Crippen molar-refractivity contribution < 1.29 is 4.39 Å². The molecule has 0 spiro atoms. The number of halogens is 1. The third-order valence-electron chi connectivity index (χ3n) is 4.71. The maximum atomic E-state index is 13.3. The average molecular weight is 358 g/mol. The second-order valence-corrected chi connectivity index (χ2v) is 11.3. The molecule has 0 fully saturated rings. The molecule has 0 aliphatic carbocycles. The van der Waals surface area contributed by atoms with Crippen LogP contribution in [0.5, 0.6) is 0 Å². The Labute approximate surface area is 147 Å². The van der Waals surface area contributed by atoms with E-state index in [1.165, 1.54) is 5.19 Å². The van der Waals surface area contributed by atoms with Gasteiger partial charge in [-0.1, -0.05) is 36.0 Å². The zero-order valence-corrected chi connectivity index (χ0v) is 15.4. The van der Waals surface area contributed by atoms with Crippen LogP contribution < -0.4 is 5.19 Å². The predicted molar refractivity (Wildman–Crippen MR) is 96.5 cm³/mol. The van der Waals surface area contributed by atoms with E-state index in [-0.39, 0.29) is 5.82 Å². The summed E-state index contributed by atoms with van der Waals surface area (Å²) >= 11 is 0. The fourth-order valence-electron chi connectivity index (χ4n) is 3.22. The van der Waals surface area contributed by atoms with Crippen LogP contribution in [0.15, 0.2) is 49.6 Å². The highest BCUT2D eigenvalue weighted by Gasteiger charge is 2.28. The van der Waals surface area contributed by atoms with Crippen molar-refractivity contribution >= 4 is 13.3 Å². The van der Waals surface area contributed by atoms with Crippen LogP contribution in [0.3, 0.4) is 0 Å². The minimum absolute atomic E-state index is 0.176. The lowest BCUT2D eigenvalue weighted by Crippen LogP contribution is -2.44. The summed E-state index contributed by atoms with van der Waals surface area (Å²) in [5.41, 5.74) is 0. The number of hydrogen-bond donors (Lipinski definition) is 0. The maximum absolute atomic E-state index is 13.3. The molecule has 0 aliphatic heterocycles. The Morgan fingerprint density at radius 2 is 1.40 bits per heavy atom. The van der Waals surface area contributed by atoms with E-state index in [9.17, 15) is 4.39 Å². The third kappa shape index (κ3) is 4.82. The number of aromatic nitrogens is 6. The molecule has 6 nitrogen and oxygen atoms in total. The van der Waals surface area contributed by atoms with E-state index in [2.05, 4.69) is 26.7 Å². The van der Waals surface area contributed by atoms with Gasteiger partial charge in [0, 0.05) is 13.1 Å². The molecule has 3 rings (SSSR count). The van der Waals surface area contributed by atoms with Crippen LogP contribution in [0.4, 0.5) is 4.39 Å². The van der Waals surface area contributed by atoms with Crippen LogP contribution in [0.1, 0.15) is 12.8 Å². The standard InChI is InChI=1S/C17H23FN6Si/c1-25(17-6-4-16(18)5-7-17,10-2-8-23-14-19-12-21-23)11-3-9-24-15-20-13-22-24/h4-7,12-15H,2-3,8-11H2,1H3. The van der Waals surface area contributed by atoms with E-state index < -0.39 is 8.07 Å². The van der Waals surface area contributed by atoms with Crippen LogP contribution in [0, 0.1) is 5.82 Å². The van der Waals surface area contributed by atoms with Crippen LogP contribution in [-0.4, -0.2) is 37.6 Å². The van der Waals surface area contributed by atoms with E-state index in [1.807, 2.05) is 21.5 Å². The van der Waals surface area contributed by atoms with Crippen molar-refractivity contribution in [3.8, 4) is 0 Å². The number of rotatable bonds is 9. The van der Waals surface area contributed by atoms with Crippen LogP contribution in [0.2, 0.25) is 18.6 Å².